The van der Waals surface area contributed by atoms with Crippen molar-refractivity contribution in [1.29, 1.82) is 0 Å². The average molecular weight is 230 g/mol. The number of benzene rings is 1. The zero-order chi connectivity index (χ0) is 12.0. The van der Waals surface area contributed by atoms with Crippen LogP contribution in [0.2, 0.25) is 0 Å². The highest BCUT2D eigenvalue weighted by Crippen LogP contribution is 2.44. The van der Waals surface area contributed by atoms with Gasteiger partial charge in [0.1, 0.15) is 6.04 Å². The number of carbonyl (C=O) groups is 1. The Hall–Kier alpha value is -1.51. The Balaban J connectivity index is 1.63. The molecule has 0 spiro atoms. The summed E-state index contributed by atoms with van der Waals surface area (Å²) in [6.45, 7) is 4.38. The predicted octanol–water partition coefficient (Wildman–Crippen LogP) is 1.94. The summed E-state index contributed by atoms with van der Waals surface area (Å²) in [5, 5.41) is 6.40. The Bertz CT molecular complexity index is 442. The van der Waals surface area contributed by atoms with E-state index >= 15 is 0 Å². The second-order valence-electron chi connectivity index (χ2n) is 5.81. The van der Waals surface area contributed by atoms with Crippen LogP contribution in [0.25, 0.3) is 0 Å². The molecule has 3 nitrogen and oxygen atoms in total. The number of carbonyl (C=O) groups excluding carboxylic acids is 1. The highest BCUT2D eigenvalue weighted by atomic mass is 16.2. The summed E-state index contributed by atoms with van der Waals surface area (Å²) >= 11 is 0. The fourth-order valence-corrected chi connectivity index (χ4v) is 2.44. The number of rotatable bonds is 2. The van der Waals surface area contributed by atoms with E-state index in [0.29, 0.717) is 11.5 Å². The van der Waals surface area contributed by atoms with E-state index in [-0.39, 0.29) is 11.9 Å². The molecular formula is C14H18N2O. The standard InChI is InChI=1S/C14H18N2O/c1-14(2)8-12(14)16-13(17)11-7-9-5-3-4-6-10(9)15-11/h3-6,11-12,15H,7-8H2,1-2H3,(H,16,17)/t11-,12?/m0/s1. The Morgan fingerprint density at radius 3 is 2.76 bits per heavy atom. The molecule has 1 aromatic carbocycles. The summed E-state index contributed by atoms with van der Waals surface area (Å²) in [6.07, 6.45) is 1.90. The van der Waals surface area contributed by atoms with Crippen LogP contribution in [0.5, 0.6) is 0 Å². The number of nitrogens with one attached hydrogen (secondary N) is 2. The van der Waals surface area contributed by atoms with Gasteiger partial charge in [-0.1, -0.05) is 32.0 Å². The summed E-state index contributed by atoms with van der Waals surface area (Å²) in [7, 11) is 0. The van der Waals surface area contributed by atoms with Gasteiger partial charge in [0.25, 0.3) is 0 Å². The van der Waals surface area contributed by atoms with Crippen molar-refractivity contribution in [3.63, 3.8) is 0 Å². The van der Waals surface area contributed by atoms with Crippen molar-refractivity contribution in [2.45, 2.75) is 38.8 Å². The molecule has 0 radical (unpaired) electrons. The summed E-state index contributed by atoms with van der Waals surface area (Å²) in [5.41, 5.74) is 2.63. The third-order valence-corrected chi connectivity index (χ3v) is 3.92. The first-order chi connectivity index (χ1) is 8.06. The fraction of sp³-hybridized carbons (Fsp3) is 0.500. The normalized spacial score (nSPS) is 28.1. The topological polar surface area (TPSA) is 41.1 Å². The van der Waals surface area contributed by atoms with Crippen LogP contribution in [-0.2, 0) is 11.2 Å². The lowest BCUT2D eigenvalue weighted by atomic mass is 10.1. The minimum atomic E-state index is -0.0937. The van der Waals surface area contributed by atoms with Crippen molar-refractivity contribution in [3.8, 4) is 0 Å². The van der Waals surface area contributed by atoms with Crippen molar-refractivity contribution < 1.29 is 4.79 Å². The second-order valence-corrected chi connectivity index (χ2v) is 5.81. The van der Waals surface area contributed by atoms with E-state index in [1.165, 1.54) is 5.56 Å². The molecule has 1 unspecified atom stereocenters. The van der Waals surface area contributed by atoms with Crippen LogP contribution in [0.4, 0.5) is 5.69 Å². The maximum atomic E-state index is 12.1. The van der Waals surface area contributed by atoms with Crippen LogP contribution >= 0.6 is 0 Å². The molecule has 3 heteroatoms. The molecule has 1 aliphatic heterocycles. The van der Waals surface area contributed by atoms with E-state index in [9.17, 15) is 4.79 Å². The minimum absolute atomic E-state index is 0.0937. The van der Waals surface area contributed by atoms with Crippen molar-refractivity contribution in [1.82, 2.24) is 5.32 Å². The van der Waals surface area contributed by atoms with Gasteiger partial charge in [0, 0.05) is 18.2 Å². The first-order valence-electron chi connectivity index (χ1n) is 6.21. The van der Waals surface area contributed by atoms with Gasteiger partial charge in [0.05, 0.1) is 0 Å². The molecule has 1 fully saturated rings. The highest BCUT2D eigenvalue weighted by molar-refractivity contribution is 5.87. The van der Waals surface area contributed by atoms with Gasteiger partial charge >= 0.3 is 0 Å². The minimum Gasteiger partial charge on any atom is -0.373 e. The lowest BCUT2D eigenvalue weighted by molar-refractivity contribution is -0.122. The van der Waals surface area contributed by atoms with Gasteiger partial charge < -0.3 is 10.6 Å². The van der Waals surface area contributed by atoms with E-state index in [1.807, 2.05) is 18.2 Å². The van der Waals surface area contributed by atoms with Gasteiger partial charge in [-0.3, -0.25) is 4.79 Å². The molecule has 1 heterocycles. The quantitative estimate of drug-likeness (QED) is 0.815. The Kier molecular flexibility index (Phi) is 2.18. The highest BCUT2D eigenvalue weighted by Gasteiger charge is 2.47. The van der Waals surface area contributed by atoms with Crippen LogP contribution < -0.4 is 10.6 Å². The molecule has 2 N–H and O–H groups in total. The molecule has 2 aliphatic rings. The van der Waals surface area contributed by atoms with E-state index in [2.05, 4.69) is 30.5 Å². The molecule has 0 aromatic heterocycles. The maximum Gasteiger partial charge on any atom is 0.243 e. The van der Waals surface area contributed by atoms with Crippen molar-refractivity contribution >= 4 is 11.6 Å². The van der Waals surface area contributed by atoms with E-state index in [1.54, 1.807) is 0 Å². The largest absolute Gasteiger partial charge is 0.373 e. The molecule has 0 saturated heterocycles. The van der Waals surface area contributed by atoms with Gasteiger partial charge in [-0.05, 0) is 23.5 Å². The Morgan fingerprint density at radius 1 is 1.41 bits per heavy atom. The van der Waals surface area contributed by atoms with Crippen LogP contribution in [0.1, 0.15) is 25.8 Å². The zero-order valence-corrected chi connectivity index (χ0v) is 10.3. The molecular weight excluding hydrogens is 212 g/mol. The lowest BCUT2D eigenvalue weighted by Crippen LogP contribution is -2.40. The van der Waals surface area contributed by atoms with Gasteiger partial charge in [0.2, 0.25) is 5.91 Å². The first kappa shape index (κ1) is 10.6. The summed E-state index contributed by atoms with van der Waals surface area (Å²) in [5.74, 6) is 0.136. The summed E-state index contributed by atoms with van der Waals surface area (Å²) in [6, 6.07) is 8.39. The predicted molar refractivity (Wildman–Crippen MR) is 67.9 cm³/mol. The van der Waals surface area contributed by atoms with Crippen LogP contribution in [-0.4, -0.2) is 18.0 Å². The molecule has 0 bridgehead atoms. The van der Waals surface area contributed by atoms with E-state index < -0.39 is 0 Å². The van der Waals surface area contributed by atoms with Crippen molar-refractivity contribution in [2.75, 3.05) is 5.32 Å². The van der Waals surface area contributed by atoms with E-state index in [0.717, 1.165) is 18.5 Å². The van der Waals surface area contributed by atoms with Gasteiger partial charge in [0.15, 0.2) is 0 Å². The maximum absolute atomic E-state index is 12.1. The molecule has 1 aliphatic carbocycles. The smallest absolute Gasteiger partial charge is 0.243 e. The SMILES string of the molecule is CC1(C)CC1NC(=O)[C@@H]1Cc2ccccc2N1. The number of anilines is 1. The molecule has 3 rings (SSSR count). The zero-order valence-electron chi connectivity index (χ0n) is 10.3. The average Bonchev–Trinajstić information content (AvgIpc) is 2.76. The van der Waals surface area contributed by atoms with Gasteiger partial charge in [-0.2, -0.15) is 0 Å². The molecule has 90 valence electrons. The third kappa shape index (κ3) is 1.90. The molecule has 17 heavy (non-hydrogen) atoms. The third-order valence-electron chi connectivity index (χ3n) is 3.92. The van der Waals surface area contributed by atoms with Crippen LogP contribution in [0.15, 0.2) is 24.3 Å². The van der Waals surface area contributed by atoms with Crippen LogP contribution in [0, 0.1) is 5.41 Å². The van der Waals surface area contributed by atoms with Gasteiger partial charge in [-0.25, -0.2) is 0 Å². The van der Waals surface area contributed by atoms with Crippen LogP contribution in [0.3, 0.4) is 0 Å². The number of amides is 1. The Labute approximate surface area is 102 Å². The molecule has 2 atom stereocenters. The summed E-state index contributed by atoms with van der Waals surface area (Å²) in [4.78, 5) is 12.1. The lowest BCUT2D eigenvalue weighted by Gasteiger charge is -2.12. The molecule has 1 saturated carbocycles. The Morgan fingerprint density at radius 2 is 2.12 bits per heavy atom. The first-order valence-corrected chi connectivity index (χ1v) is 6.21. The number of hydrogen-bond donors (Lipinski definition) is 2. The molecule has 1 amide bonds. The number of fused-ring (bicyclic) bond motifs is 1. The van der Waals surface area contributed by atoms with Gasteiger partial charge in [-0.15, -0.1) is 0 Å². The summed E-state index contributed by atoms with van der Waals surface area (Å²) < 4.78 is 0. The second kappa shape index (κ2) is 3.49. The molecule has 1 aromatic rings. The monoisotopic (exact) mass is 230 g/mol. The number of hydrogen-bond acceptors (Lipinski definition) is 2. The van der Waals surface area contributed by atoms with Crippen molar-refractivity contribution in [2.24, 2.45) is 5.41 Å². The number of para-hydroxylation sites is 1. The fourth-order valence-electron chi connectivity index (χ4n) is 2.44. The van der Waals surface area contributed by atoms with E-state index in [4.69, 9.17) is 0 Å². The van der Waals surface area contributed by atoms with Crippen molar-refractivity contribution in [3.05, 3.63) is 29.8 Å².